The van der Waals surface area contributed by atoms with E-state index in [1.807, 2.05) is 0 Å². The maximum atomic E-state index is 5.82. The number of nitrogens with zero attached hydrogens (tertiary/aromatic N) is 1. The number of rotatable bonds is 6. The number of hydrogen-bond donors (Lipinski definition) is 1. The molecule has 0 aromatic carbocycles. The van der Waals surface area contributed by atoms with Crippen molar-refractivity contribution < 1.29 is 4.74 Å². The van der Waals surface area contributed by atoms with Gasteiger partial charge in [-0.1, -0.05) is 13.8 Å². The molecular formula is C17H34N2O. The average Bonchev–Trinajstić information content (AvgIpc) is 2.47. The van der Waals surface area contributed by atoms with Crippen LogP contribution in [0.3, 0.4) is 0 Å². The van der Waals surface area contributed by atoms with Gasteiger partial charge in [-0.3, -0.25) is 0 Å². The van der Waals surface area contributed by atoms with Crippen molar-refractivity contribution in [2.75, 3.05) is 39.9 Å². The summed E-state index contributed by atoms with van der Waals surface area (Å²) in [6.45, 7) is 9.86. The quantitative estimate of drug-likeness (QED) is 0.811. The lowest BCUT2D eigenvalue weighted by Gasteiger charge is -2.43. The van der Waals surface area contributed by atoms with E-state index in [9.17, 15) is 0 Å². The molecule has 2 rings (SSSR count). The highest BCUT2D eigenvalue weighted by Crippen LogP contribution is 2.32. The molecule has 20 heavy (non-hydrogen) atoms. The SMILES string of the molecule is CCNCC1(CN(C)C2CCC(C)CC2)CCCOC1. The van der Waals surface area contributed by atoms with E-state index in [-0.39, 0.29) is 0 Å². The predicted octanol–water partition coefficient (Wildman–Crippen LogP) is 2.90. The second-order valence-electron chi connectivity index (χ2n) is 7.27. The first kappa shape index (κ1) is 16.3. The van der Waals surface area contributed by atoms with Gasteiger partial charge in [-0.15, -0.1) is 0 Å². The molecule has 1 saturated heterocycles. The Morgan fingerprint density at radius 3 is 2.60 bits per heavy atom. The monoisotopic (exact) mass is 282 g/mol. The molecule has 118 valence electrons. The van der Waals surface area contributed by atoms with Crippen LogP contribution < -0.4 is 5.32 Å². The smallest absolute Gasteiger partial charge is 0.0546 e. The summed E-state index contributed by atoms with van der Waals surface area (Å²) in [5.41, 5.74) is 0.339. The van der Waals surface area contributed by atoms with Crippen molar-refractivity contribution in [2.45, 2.75) is 58.4 Å². The van der Waals surface area contributed by atoms with Crippen LogP contribution in [0, 0.1) is 11.3 Å². The van der Waals surface area contributed by atoms with E-state index in [2.05, 4.69) is 31.1 Å². The molecule has 0 amide bonds. The molecule has 0 radical (unpaired) electrons. The molecule has 1 N–H and O–H groups in total. The summed E-state index contributed by atoms with van der Waals surface area (Å²) in [7, 11) is 2.34. The van der Waals surface area contributed by atoms with Gasteiger partial charge in [0.15, 0.2) is 0 Å². The van der Waals surface area contributed by atoms with E-state index >= 15 is 0 Å². The maximum Gasteiger partial charge on any atom is 0.0546 e. The van der Waals surface area contributed by atoms with Crippen molar-refractivity contribution in [1.82, 2.24) is 10.2 Å². The van der Waals surface area contributed by atoms with Crippen LogP contribution in [0.4, 0.5) is 0 Å². The van der Waals surface area contributed by atoms with Crippen LogP contribution in [0.15, 0.2) is 0 Å². The van der Waals surface area contributed by atoms with E-state index in [1.54, 1.807) is 0 Å². The van der Waals surface area contributed by atoms with Crippen LogP contribution in [0.25, 0.3) is 0 Å². The fourth-order valence-corrected chi connectivity index (χ4v) is 3.96. The Morgan fingerprint density at radius 2 is 2.00 bits per heavy atom. The average molecular weight is 282 g/mol. The fraction of sp³-hybridized carbons (Fsp3) is 1.00. The first-order valence-electron chi connectivity index (χ1n) is 8.64. The Balaban J connectivity index is 1.89. The molecular weight excluding hydrogens is 248 g/mol. The predicted molar refractivity (Wildman–Crippen MR) is 85.1 cm³/mol. The largest absolute Gasteiger partial charge is 0.381 e. The van der Waals surface area contributed by atoms with E-state index in [0.29, 0.717) is 5.41 Å². The van der Waals surface area contributed by atoms with Crippen molar-refractivity contribution in [2.24, 2.45) is 11.3 Å². The standard InChI is InChI=1S/C17H34N2O/c1-4-18-12-17(10-5-11-20-14-17)13-19(3)16-8-6-15(2)7-9-16/h15-16,18H,4-14H2,1-3H3. The Morgan fingerprint density at radius 1 is 1.25 bits per heavy atom. The molecule has 2 fully saturated rings. The summed E-state index contributed by atoms with van der Waals surface area (Å²) in [6.07, 6.45) is 8.12. The van der Waals surface area contributed by atoms with E-state index in [1.165, 1.54) is 45.1 Å². The van der Waals surface area contributed by atoms with Gasteiger partial charge >= 0.3 is 0 Å². The number of hydrogen-bond acceptors (Lipinski definition) is 3. The third kappa shape index (κ3) is 4.44. The molecule has 0 spiro atoms. The lowest BCUT2D eigenvalue weighted by atomic mass is 9.80. The number of nitrogens with one attached hydrogen (secondary N) is 1. The first-order chi connectivity index (χ1) is 9.65. The topological polar surface area (TPSA) is 24.5 Å². The van der Waals surface area contributed by atoms with Crippen molar-refractivity contribution in [3.8, 4) is 0 Å². The molecule has 0 aromatic heterocycles. The summed E-state index contributed by atoms with van der Waals surface area (Å²) < 4.78 is 5.82. The summed E-state index contributed by atoms with van der Waals surface area (Å²) in [4.78, 5) is 2.64. The lowest BCUT2D eigenvalue weighted by molar-refractivity contribution is -0.0310. The van der Waals surface area contributed by atoms with Gasteiger partial charge in [0.2, 0.25) is 0 Å². The molecule has 3 heteroatoms. The summed E-state index contributed by atoms with van der Waals surface area (Å²) in [5, 5.41) is 3.57. The van der Waals surface area contributed by atoms with Crippen LogP contribution in [0.5, 0.6) is 0 Å². The van der Waals surface area contributed by atoms with Crippen molar-refractivity contribution in [3.05, 3.63) is 0 Å². The first-order valence-corrected chi connectivity index (χ1v) is 8.64. The molecule has 1 aliphatic heterocycles. The highest BCUT2D eigenvalue weighted by atomic mass is 16.5. The van der Waals surface area contributed by atoms with Crippen LogP contribution in [0.2, 0.25) is 0 Å². The van der Waals surface area contributed by atoms with Crippen molar-refractivity contribution >= 4 is 0 Å². The lowest BCUT2D eigenvalue weighted by Crippen LogP contribution is -2.50. The van der Waals surface area contributed by atoms with E-state index < -0.39 is 0 Å². The van der Waals surface area contributed by atoms with Gasteiger partial charge in [0.05, 0.1) is 6.61 Å². The highest BCUT2D eigenvalue weighted by Gasteiger charge is 2.35. The summed E-state index contributed by atoms with van der Waals surface area (Å²) >= 11 is 0. The molecule has 1 unspecified atom stereocenters. The fourth-order valence-electron chi connectivity index (χ4n) is 3.96. The van der Waals surface area contributed by atoms with Crippen LogP contribution in [-0.4, -0.2) is 50.8 Å². The minimum Gasteiger partial charge on any atom is -0.381 e. The Hall–Kier alpha value is -0.120. The minimum absolute atomic E-state index is 0.339. The molecule has 0 aromatic rings. The molecule has 0 bridgehead atoms. The van der Waals surface area contributed by atoms with E-state index in [0.717, 1.165) is 38.3 Å². The Labute approximate surface area is 125 Å². The second kappa shape index (κ2) is 7.77. The highest BCUT2D eigenvalue weighted by molar-refractivity contribution is 4.89. The van der Waals surface area contributed by atoms with Crippen molar-refractivity contribution in [1.29, 1.82) is 0 Å². The van der Waals surface area contributed by atoms with Gasteiger partial charge in [-0.05, 0) is 58.0 Å². The summed E-state index contributed by atoms with van der Waals surface area (Å²) in [5.74, 6) is 0.938. The van der Waals surface area contributed by atoms with Gasteiger partial charge in [0, 0.05) is 31.2 Å². The van der Waals surface area contributed by atoms with Gasteiger partial charge < -0.3 is 15.0 Å². The number of ether oxygens (including phenoxy) is 1. The van der Waals surface area contributed by atoms with Gasteiger partial charge in [-0.25, -0.2) is 0 Å². The van der Waals surface area contributed by atoms with E-state index in [4.69, 9.17) is 4.74 Å². The van der Waals surface area contributed by atoms with Gasteiger partial charge in [-0.2, -0.15) is 0 Å². The summed E-state index contributed by atoms with van der Waals surface area (Å²) in [6, 6.07) is 0.798. The van der Waals surface area contributed by atoms with Gasteiger partial charge in [0.1, 0.15) is 0 Å². The zero-order chi connectivity index (χ0) is 14.4. The van der Waals surface area contributed by atoms with Crippen LogP contribution in [0.1, 0.15) is 52.4 Å². The molecule has 1 heterocycles. The Bertz CT molecular complexity index is 268. The maximum absolute atomic E-state index is 5.82. The molecule has 1 atom stereocenters. The zero-order valence-corrected chi connectivity index (χ0v) is 13.8. The molecule has 3 nitrogen and oxygen atoms in total. The third-order valence-corrected chi connectivity index (χ3v) is 5.35. The van der Waals surface area contributed by atoms with Gasteiger partial charge in [0.25, 0.3) is 0 Å². The van der Waals surface area contributed by atoms with Crippen LogP contribution >= 0.6 is 0 Å². The molecule has 1 aliphatic carbocycles. The second-order valence-corrected chi connectivity index (χ2v) is 7.27. The molecule has 1 saturated carbocycles. The molecule has 2 aliphatic rings. The Kier molecular flexibility index (Phi) is 6.31. The zero-order valence-electron chi connectivity index (χ0n) is 13.8. The van der Waals surface area contributed by atoms with Crippen LogP contribution in [-0.2, 0) is 4.74 Å². The third-order valence-electron chi connectivity index (χ3n) is 5.35. The normalized spacial score (nSPS) is 35.4. The minimum atomic E-state index is 0.339. The van der Waals surface area contributed by atoms with Crippen molar-refractivity contribution in [3.63, 3.8) is 0 Å².